The van der Waals surface area contributed by atoms with Gasteiger partial charge in [0.1, 0.15) is 5.75 Å². The minimum Gasteiger partial charge on any atom is -0.495 e. The number of hydrogen-bond donors (Lipinski definition) is 1. The van der Waals surface area contributed by atoms with Crippen LogP contribution in [0.25, 0.3) is 0 Å². The molecule has 0 aliphatic heterocycles. The highest BCUT2D eigenvalue weighted by Gasteiger charge is 2.10. The van der Waals surface area contributed by atoms with Gasteiger partial charge < -0.3 is 9.84 Å². The molecule has 1 N–H and O–H groups in total. The van der Waals surface area contributed by atoms with E-state index in [2.05, 4.69) is 4.98 Å². The van der Waals surface area contributed by atoms with Crippen molar-refractivity contribution in [2.75, 3.05) is 7.11 Å². The molecule has 0 bridgehead atoms. The van der Waals surface area contributed by atoms with Crippen LogP contribution in [0.5, 0.6) is 5.75 Å². The number of pyridine rings is 1. The second kappa shape index (κ2) is 4.60. The summed E-state index contributed by atoms with van der Waals surface area (Å²) in [5, 5.41) is 8.59. The van der Waals surface area contributed by atoms with Crippen LogP contribution >= 0.6 is 0 Å². The van der Waals surface area contributed by atoms with E-state index in [1.54, 1.807) is 25.4 Å². The Kier molecular flexibility index (Phi) is 3.45. The standard InChI is InChI=1S/C10H13NO3/c1-7(5-10(12)13)9-4-3-8(14-2)6-11-9/h3-4,6-7H,5H2,1-2H3,(H,12,13). The molecule has 76 valence electrons. The van der Waals surface area contributed by atoms with E-state index in [0.717, 1.165) is 5.69 Å². The Labute approximate surface area is 82.5 Å². The molecule has 1 rings (SSSR count). The first-order valence-electron chi connectivity index (χ1n) is 4.35. The van der Waals surface area contributed by atoms with Crippen LogP contribution < -0.4 is 4.74 Å². The van der Waals surface area contributed by atoms with Crippen LogP contribution in [0.2, 0.25) is 0 Å². The van der Waals surface area contributed by atoms with Gasteiger partial charge >= 0.3 is 5.97 Å². The Bertz CT molecular complexity index is 308. The summed E-state index contributed by atoms with van der Waals surface area (Å²) in [5.41, 5.74) is 0.771. The molecular weight excluding hydrogens is 182 g/mol. The minimum absolute atomic E-state index is 0.0709. The highest BCUT2D eigenvalue weighted by Crippen LogP contribution is 2.18. The summed E-state index contributed by atoms with van der Waals surface area (Å²) >= 11 is 0. The van der Waals surface area contributed by atoms with Crippen molar-refractivity contribution in [2.45, 2.75) is 19.3 Å². The van der Waals surface area contributed by atoms with Crippen LogP contribution in [0.1, 0.15) is 25.0 Å². The Morgan fingerprint density at radius 2 is 2.36 bits per heavy atom. The van der Waals surface area contributed by atoms with Crippen molar-refractivity contribution in [3.8, 4) is 5.75 Å². The molecular formula is C10H13NO3. The van der Waals surface area contributed by atoms with E-state index in [0.29, 0.717) is 5.75 Å². The van der Waals surface area contributed by atoms with Crippen LogP contribution in [0.3, 0.4) is 0 Å². The summed E-state index contributed by atoms with van der Waals surface area (Å²) in [5.74, 6) is -0.204. The maximum Gasteiger partial charge on any atom is 0.304 e. The van der Waals surface area contributed by atoms with Crippen LogP contribution in [0, 0.1) is 0 Å². The molecule has 0 saturated carbocycles. The van der Waals surface area contributed by atoms with Crippen LogP contribution in [-0.2, 0) is 4.79 Å². The molecule has 0 aliphatic rings. The summed E-state index contributed by atoms with van der Waals surface area (Å²) in [7, 11) is 1.57. The first-order valence-corrected chi connectivity index (χ1v) is 4.35. The van der Waals surface area contributed by atoms with Crippen LogP contribution in [0.15, 0.2) is 18.3 Å². The first-order chi connectivity index (χ1) is 6.63. The molecule has 4 heteroatoms. The van der Waals surface area contributed by atoms with Crippen molar-refractivity contribution < 1.29 is 14.6 Å². The smallest absolute Gasteiger partial charge is 0.304 e. The third-order valence-electron chi connectivity index (χ3n) is 1.98. The lowest BCUT2D eigenvalue weighted by atomic mass is 10.0. The van der Waals surface area contributed by atoms with Gasteiger partial charge in [-0.2, -0.15) is 0 Å². The van der Waals surface area contributed by atoms with E-state index < -0.39 is 5.97 Å². The summed E-state index contributed by atoms with van der Waals surface area (Å²) in [6.45, 7) is 1.84. The molecule has 1 aromatic heterocycles. The molecule has 1 heterocycles. The zero-order chi connectivity index (χ0) is 10.6. The van der Waals surface area contributed by atoms with Gasteiger partial charge in [0.05, 0.1) is 19.7 Å². The predicted molar refractivity (Wildman–Crippen MR) is 51.5 cm³/mol. The van der Waals surface area contributed by atoms with Gasteiger partial charge in [-0.05, 0) is 12.1 Å². The average Bonchev–Trinajstić information content (AvgIpc) is 2.17. The number of aromatic nitrogens is 1. The molecule has 0 radical (unpaired) electrons. The zero-order valence-corrected chi connectivity index (χ0v) is 8.23. The molecule has 0 spiro atoms. The minimum atomic E-state index is -0.810. The Morgan fingerprint density at radius 3 is 2.79 bits per heavy atom. The van der Waals surface area contributed by atoms with Crippen LogP contribution in [-0.4, -0.2) is 23.2 Å². The second-order valence-electron chi connectivity index (χ2n) is 3.12. The molecule has 4 nitrogen and oxygen atoms in total. The van der Waals surface area contributed by atoms with E-state index in [-0.39, 0.29) is 12.3 Å². The molecule has 0 aromatic carbocycles. The molecule has 0 amide bonds. The van der Waals surface area contributed by atoms with E-state index >= 15 is 0 Å². The highest BCUT2D eigenvalue weighted by molar-refractivity contribution is 5.67. The van der Waals surface area contributed by atoms with Gasteiger partial charge in [-0.15, -0.1) is 0 Å². The Hall–Kier alpha value is -1.58. The van der Waals surface area contributed by atoms with E-state index in [4.69, 9.17) is 9.84 Å². The molecule has 0 aliphatic carbocycles. The molecule has 14 heavy (non-hydrogen) atoms. The van der Waals surface area contributed by atoms with Crippen molar-refractivity contribution >= 4 is 5.97 Å². The third kappa shape index (κ3) is 2.73. The lowest BCUT2D eigenvalue weighted by molar-refractivity contribution is -0.137. The average molecular weight is 195 g/mol. The molecule has 1 atom stereocenters. The summed E-state index contributed by atoms with van der Waals surface area (Å²) in [6.07, 6.45) is 1.69. The Balaban J connectivity index is 2.71. The summed E-state index contributed by atoms with van der Waals surface area (Å²) < 4.78 is 4.95. The maximum atomic E-state index is 10.5. The quantitative estimate of drug-likeness (QED) is 0.793. The lowest BCUT2D eigenvalue weighted by Crippen LogP contribution is -2.04. The van der Waals surface area contributed by atoms with Crippen molar-refractivity contribution in [1.29, 1.82) is 0 Å². The zero-order valence-electron chi connectivity index (χ0n) is 8.23. The maximum absolute atomic E-state index is 10.5. The topological polar surface area (TPSA) is 59.4 Å². The summed E-state index contributed by atoms with van der Waals surface area (Å²) in [4.78, 5) is 14.6. The number of ether oxygens (including phenoxy) is 1. The van der Waals surface area contributed by atoms with Gasteiger partial charge in [-0.1, -0.05) is 6.92 Å². The van der Waals surface area contributed by atoms with E-state index in [1.807, 2.05) is 6.92 Å². The molecule has 0 fully saturated rings. The highest BCUT2D eigenvalue weighted by atomic mass is 16.5. The monoisotopic (exact) mass is 195 g/mol. The van der Waals surface area contributed by atoms with Crippen molar-refractivity contribution in [2.24, 2.45) is 0 Å². The Morgan fingerprint density at radius 1 is 1.64 bits per heavy atom. The van der Waals surface area contributed by atoms with Gasteiger partial charge in [0, 0.05) is 11.6 Å². The molecule has 0 saturated heterocycles. The van der Waals surface area contributed by atoms with E-state index in [1.165, 1.54) is 0 Å². The summed E-state index contributed by atoms with van der Waals surface area (Å²) in [6, 6.07) is 3.56. The van der Waals surface area contributed by atoms with Gasteiger partial charge in [0.2, 0.25) is 0 Å². The SMILES string of the molecule is COc1ccc(C(C)CC(=O)O)nc1. The first kappa shape index (κ1) is 10.5. The molecule has 1 unspecified atom stereocenters. The van der Waals surface area contributed by atoms with Crippen molar-refractivity contribution in [3.05, 3.63) is 24.0 Å². The van der Waals surface area contributed by atoms with Gasteiger partial charge in [-0.25, -0.2) is 0 Å². The number of methoxy groups -OCH3 is 1. The number of rotatable bonds is 4. The fourth-order valence-electron chi connectivity index (χ4n) is 1.17. The number of carbonyl (C=O) groups is 1. The number of nitrogens with zero attached hydrogens (tertiary/aromatic N) is 1. The number of aliphatic carboxylic acids is 1. The van der Waals surface area contributed by atoms with Crippen molar-refractivity contribution in [3.63, 3.8) is 0 Å². The van der Waals surface area contributed by atoms with Crippen molar-refractivity contribution in [1.82, 2.24) is 4.98 Å². The third-order valence-corrected chi connectivity index (χ3v) is 1.98. The van der Waals surface area contributed by atoms with Gasteiger partial charge in [0.15, 0.2) is 0 Å². The fourth-order valence-corrected chi connectivity index (χ4v) is 1.17. The van der Waals surface area contributed by atoms with Crippen LogP contribution in [0.4, 0.5) is 0 Å². The number of carboxylic acid groups (broad SMARTS) is 1. The second-order valence-corrected chi connectivity index (χ2v) is 3.12. The number of hydrogen-bond acceptors (Lipinski definition) is 3. The largest absolute Gasteiger partial charge is 0.495 e. The normalized spacial score (nSPS) is 12.1. The number of carboxylic acids is 1. The van der Waals surface area contributed by atoms with Gasteiger partial charge in [-0.3, -0.25) is 9.78 Å². The van der Waals surface area contributed by atoms with E-state index in [9.17, 15) is 4.79 Å². The lowest BCUT2D eigenvalue weighted by Gasteiger charge is -2.08. The molecule has 1 aromatic rings. The van der Waals surface area contributed by atoms with Gasteiger partial charge in [0.25, 0.3) is 0 Å². The fraction of sp³-hybridized carbons (Fsp3) is 0.400. The predicted octanol–water partition coefficient (Wildman–Crippen LogP) is 1.67.